The van der Waals surface area contributed by atoms with Crippen molar-refractivity contribution in [2.24, 2.45) is 7.05 Å². The van der Waals surface area contributed by atoms with Crippen molar-refractivity contribution in [2.75, 3.05) is 12.4 Å². The number of rotatable bonds is 5. The van der Waals surface area contributed by atoms with Crippen molar-refractivity contribution in [3.63, 3.8) is 0 Å². The van der Waals surface area contributed by atoms with Crippen molar-refractivity contribution in [3.05, 3.63) is 53.3 Å². The largest absolute Gasteiger partial charge is 0.495 e. The van der Waals surface area contributed by atoms with Crippen LogP contribution in [0.15, 0.2) is 36.4 Å². The van der Waals surface area contributed by atoms with Gasteiger partial charge in [-0.25, -0.2) is 9.78 Å². The number of methoxy groups -OCH3 is 1. The number of fused-ring (bicyclic) bond motifs is 1. The number of nitriles is 1. The predicted octanol–water partition coefficient (Wildman–Crippen LogP) is 2.76. The van der Waals surface area contributed by atoms with Gasteiger partial charge in [0, 0.05) is 13.1 Å². The van der Waals surface area contributed by atoms with Crippen molar-refractivity contribution in [1.29, 1.82) is 5.26 Å². The van der Waals surface area contributed by atoms with Gasteiger partial charge in [0.25, 0.3) is 0 Å². The molecule has 7 heteroatoms. The van der Waals surface area contributed by atoms with Crippen molar-refractivity contribution < 1.29 is 14.6 Å². The maximum absolute atomic E-state index is 11.1. The van der Waals surface area contributed by atoms with Crippen LogP contribution in [0.1, 0.15) is 21.7 Å². The zero-order chi connectivity index (χ0) is 18.0. The van der Waals surface area contributed by atoms with E-state index in [0.717, 1.165) is 17.0 Å². The summed E-state index contributed by atoms with van der Waals surface area (Å²) in [6.07, 6.45) is 0. The number of aromatic nitrogens is 2. The van der Waals surface area contributed by atoms with Gasteiger partial charge < -0.3 is 19.7 Å². The lowest BCUT2D eigenvalue weighted by Gasteiger charge is -2.11. The Morgan fingerprint density at radius 2 is 2.16 bits per heavy atom. The molecule has 0 aliphatic heterocycles. The van der Waals surface area contributed by atoms with E-state index in [-0.39, 0.29) is 5.56 Å². The van der Waals surface area contributed by atoms with Gasteiger partial charge in [-0.1, -0.05) is 0 Å². The van der Waals surface area contributed by atoms with E-state index in [9.17, 15) is 4.79 Å². The highest BCUT2D eigenvalue weighted by Gasteiger charge is 2.12. The Morgan fingerprint density at radius 3 is 2.84 bits per heavy atom. The number of benzene rings is 2. The number of aryl methyl sites for hydroxylation is 1. The van der Waals surface area contributed by atoms with E-state index >= 15 is 0 Å². The first-order valence-electron chi connectivity index (χ1n) is 7.54. The van der Waals surface area contributed by atoms with E-state index in [0.29, 0.717) is 23.4 Å². The summed E-state index contributed by atoms with van der Waals surface area (Å²) in [6, 6.07) is 12.1. The molecular formula is C18H16N4O3. The first-order valence-corrected chi connectivity index (χ1v) is 7.54. The lowest BCUT2D eigenvalue weighted by molar-refractivity contribution is 0.0697. The van der Waals surface area contributed by atoms with Crippen LogP contribution in [0.25, 0.3) is 11.0 Å². The third kappa shape index (κ3) is 3.10. The zero-order valence-corrected chi connectivity index (χ0v) is 13.8. The number of carboxylic acid groups (broad SMARTS) is 1. The average Bonchev–Trinajstić information content (AvgIpc) is 2.95. The second-order valence-corrected chi connectivity index (χ2v) is 5.48. The monoisotopic (exact) mass is 336 g/mol. The molecule has 0 aliphatic rings. The smallest absolute Gasteiger partial charge is 0.335 e. The maximum Gasteiger partial charge on any atom is 0.335 e. The average molecular weight is 336 g/mol. The first-order chi connectivity index (χ1) is 12.0. The molecule has 0 unspecified atom stereocenters. The van der Waals surface area contributed by atoms with E-state index in [1.165, 1.54) is 0 Å². The van der Waals surface area contributed by atoms with Crippen LogP contribution in [0.3, 0.4) is 0 Å². The summed E-state index contributed by atoms with van der Waals surface area (Å²) in [5.74, 6) is 0.351. The molecule has 2 aromatic carbocycles. The third-order valence-corrected chi connectivity index (χ3v) is 3.99. The van der Waals surface area contributed by atoms with Crippen molar-refractivity contribution in [3.8, 4) is 11.8 Å². The molecule has 3 aromatic rings. The number of anilines is 1. The van der Waals surface area contributed by atoms with Crippen LogP contribution in [0.5, 0.6) is 5.75 Å². The predicted molar refractivity (Wildman–Crippen MR) is 92.7 cm³/mol. The SMILES string of the molecule is COc1cc(C#N)ccc1NCc1nc2cc(C(=O)O)ccc2n1C. The minimum atomic E-state index is -0.977. The molecule has 0 saturated carbocycles. The highest BCUT2D eigenvalue weighted by Crippen LogP contribution is 2.26. The minimum absolute atomic E-state index is 0.207. The molecule has 25 heavy (non-hydrogen) atoms. The molecular weight excluding hydrogens is 320 g/mol. The van der Waals surface area contributed by atoms with Crippen LogP contribution < -0.4 is 10.1 Å². The van der Waals surface area contributed by atoms with Gasteiger partial charge in [0.15, 0.2) is 0 Å². The fourth-order valence-corrected chi connectivity index (χ4v) is 2.62. The molecule has 0 radical (unpaired) electrons. The second kappa shape index (κ2) is 6.53. The van der Waals surface area contributed by atoms with E-state index in [2.05, 4.69) is 16.4 Å². The van der Waals surface area contributed by atoms with E-state index < -0.39 is 5.97 Å². The van der Waals surface area contributed by atoms with E-state index in [4.69, 9.17) is 15.1 Å². The normalized spacial score (nSPS) is 10.4. The number of aromatic carboxylic acids is 1. The highest BCUT2D eigenvalue weighted by molar-refractivity contribution is 5.92. The molecule has 0 bridgehead atoms. The van der Waals surface area contributed by atoms with Crippen LogP contribution >= 0.6 is 0 Å². The minimum Gasteiger partial charge on any atom is -0.495 e. The molecule has 1 heterocycles. The molecule has 126 valence electrons. The lowest BCUT2D eigenvalue weighted by atomic mass is 10.2. The highest BCUT2D eigenvalue weighted by atomic mass is 16.5. The molecule has 3 rings (SSSR count). The first kappa shape index (κ1) is 16.3. The van der Waals surface area contributed by atoms with Crippen LogP contribution in [0.2, 0.25) is 0 Å². The fraction of sp³-hybridized carbons (Fsp3) is 0.167. The summed E-state index contributed by atoms with van der Waals surface area (Å²) >= 11 is 0. The van der Waals surface area contributed by atoms with Gasteiger partial charge in [-0.2, -0.15) is 5.26 Å². The van der Waals surface area contributed by atoms with Crippen molar-refractivity contribution >= 4 is 22.7 Å². The maximum atomic E-state index is 11.1. The number of carbonyl (C=O) groups is 1. The quantitative estimate of drug-likeness (QED) is 0.743. The Hall–Kier alpha value is -3.53. The van der Waals surface area contributed by atoms with Gasteiger partial charge in [-0.3, -0.25) is 0 Å². The van der Waals surface area contributed by atoms with E-state index in [1.54, 1.807) is 43.5 Å². The Kier molecular flexibility index (Phi) is 4.27. The van der Waals surface area contributed by atoms with Crippen LogP contribution in [-0.2, 0) is 13.6 Å². The Morgan fingerprint density at radius 1 is 1.36 bits per heavy atom. The molecule has 0 spiro atoms. The lowest BCUT2D eigenvalue weighted by Crippen LogP contribution is -2.07. The van der Waals surface area contributed by atoms with Gasteiger partial charge in [-0.05, 0) is 30.3 Å². The summed E-state index contributed by atoms with van der Waals surface area (Å²) < 4.78 is 7.21. The summed E-state index contributed by atoms with van der Waals surface area (Å²) in [7, 11) is 3.42. The number of nitrogens with one attached hydrogen (secondary N) is 1. The molecule has 0 saturated heterocycles. The molecule has 0 amide bonds. The van der Waals surface area contributed by atoms with Crippen LogP contribution in [0, 0.1) is 11.3 Å². The molecule has 2 N–H and O–H groups in total. The Labute approximate surface area is 144 Å². The summed E-state index contributed by atoms with van der Waals surface area (Å²) in [5.41, 5.74) is 2.96. The van der Waals surface area contributed by atoms with Gasteiger partial charge in [-0.15, -0.1) is 0 Å². The van der Waals surface area contributed by atoms with Gasteiger partial charge >= 0.3 is 5.97 Å². The number of hydrogen-bond acceptors (Lipinski definition) is 5. The molecule has 0 atom stereocenters. The number of carboxylic acids is 1. The van der Waals surface area contributed by atoms with Crippen molar-refractivity contribution in [2.45, 2.75) is 6.54 Å². The third-order valence-electron chi connectivity index (χ3n) is 3.99. The molecule has 0 aliphatic carbocycles. The standard InChI is InChI=1S/C18H16N4O3/c1-22-15-6-4-12(18(23)24)8-14(15)21-17(22)10-20-13-5-3-11(9-19)7-16(13)25-2/h3-8,20H,10H2,1-2H3,(H,23,24). The number of nitrogens with zero attached hydrogens (tertiary/aromatic N) is 3. The van der Waals surface area contributed by atoms with Gasteiger partial charge in [0.1, 0.15) is 11.6 Å². The molecule has 0 fully saturated rings. The van der Waals surface area contributed by atoms with Gasteiger partial charge in [0.2, 0.25) is 0 Å². The van der Waals surface area contributed by atoms with Crippen LogP contribution in [0.4, 0.5) is 5.69 Å². The van der Waals surface area contributed by atoms with E-state index in [1.807, 2.05) is 11.6 Å². The Balaban J connectivity index is 1.87. The summed E-state index contributed by atoms with van der Waals surface area (Å²) in [4.78, 5) is 15.6. The Bertz CT molecular complexity index is 1000. The fourth-order valence-electron chi connectivity index (χ4n) is 2.62. The zero-order valence-electron chi connectivity index (χ0n) is 13.8. The van der Waals surface area contributed by atoms with Crippen LogP contribution in [-0.4, -0.2) is 27.7 Å². The number of imidazole rings is 1. The van der Waals surface area contributed by atoms with Crippen molar-refractivity contribution in [1.82, 2.24) is 9.55 Å². The second-order valence-electron chi connectivity index (χ2n) is 5.48. The number of ether oxygens (including phenoxy) is 1. The summed E-state index contributed by atoms with van der Waals surface area (Å²) in [5, 5.41) is 21.3. The topological polar surface area (TPSA) is 100 Å². The number of hydrogen-bond donors (Lipinski definition) is 2. The molecule has 7 nitrogen and oxygen atoms in total. The van der Waals surface area contributed by atoms with Gasteiger partial charge in [0.05, 0.1) is 47.6 Å². The molecule has 1 aromatic heterocycles. The summed E-state index contributed by atoms with van der Waals surface area (Å²) in [6.45, 7) is 0.426.